The van der Waals surface area contributed by atoms with Gasteiger partial charge in [-0.1, -0.05) is 0 Å². The molecule has 7 heteroatoms. The van der Waals surface area contributed by atoms with Gasteiger partial charge in [0.25, 0.3) is 5.91 Å². The van der Waals surface area contributed by atoms with Crippen LogP contribution in [0.4, 0.5) is 17.6 Å². The minimum absolute atomic E-state index is 0.294. The standard InChI is InChI=1S/C12H10F4N2O/c1-2-3-8(6-12(14,15)16)18-11(19)9-4-5-17-7-10(9)13/h1,4-5,7-8H,3,6H2,(H,18,19). The van der Waals surface area contributed by atoms with Crippen molar-refractivity contribution in [3.05, 3.63) is 29.8 Å². The molecule has 1 aromatic rings. The minimum Gasteiger partial charge on any atom is -0.348 e. The molecule has 0 aromatic carbocycles. The van der Waals surface area contributed by atoms with Gasteiger partial charge in [0.05, 0.1) is 18.2 Å². The molecule has 0 bridgehead atoms. The van der Waals surface area contributed by atoms with E-state index in [1.54, 1.807) is 0 Å². The van der Waals surface area contributed by atoms with Crippen molar-refractivity contribution in [2.75, 3.05) is 0 Å². The first kappa shape index (κ1) is 15.0. The molecule has 0 fully saturated rings. The molecule has 0 radical (unpaired) electrons. The van der Waals surface area contributed by atoms with E-state index in [2.05, 4.69) is 10.3 Å². The quantitative estimate of drug-likeness (QED) is 0.676. The van der Waals surface area contributed by atoms with Crippen molar-refractivity contribution < 1.29 is 22.4 Å². The van der Waals surface area contributed by atoms with Crippen molar-refractivity contribution in [2.45, 2.75) is 25.1 Å². The van der Waals surface area contributed by atoms with Crippen LogP contribution in [0.3, 0.4) is 0 Å². The first-order chi connectivity index (χ1) is 8.83. The Kier molecular flexibility index (Phi) is 4.87. The average Bonchev–Trinajstić information content (AvgIpc) is 2.27. The Hall–Kier alpha value is -2.10. The summed E-state index contributed by atoms with van der Waals surface area (Å²) < 4.78 is 50.0. The van der Waals surface area contributed by atoms with E-state index >= 15 is 0 Å². The molecule has 1 heterocycles. The van der Waals surface area contributed by atoms with Crippen LogP contribution in [0.1, 0.15) is 23.2 Å². The van der Waals surface area contributed by atoms with Crippen molar-refractivity contribution >= 4 is 5.91 Å². The Morgan fingerprint density at radius 2 is 2.21 bits per heavy atom. The predicted molar refractivity (Wildman–Crippen MR) is 59.6 cm³/mol. The lowest BCUT2D eigenvalue weighted by Gasteiger charge is -2.18. The molecule has 1 atom stereocenters. The topological polar surface area (TPSA) is 42.0 Å². The van der Waals surface area contributed by atoms with Crippen molar-refractivity contribution in [1.29, 1.82) is 0 Å². The van der Waals surface area contributed by atoms with Gasteiger partial charge in [0.1, 0.15) is 0 Å². The fourth-order valence-electron chi connectivity index (χ4n) is 1.42. The fraction of sp³-hybridized carbons (Fsp3) is 0.333. The highest BCUT2D eigenvalue weighted by atomic mass is 19.4. The summed E-state index contributed by atoms with van der Waals surface area (Å²) in [4.78, 5) is 15.1. The van der Waals surface area contributed by atoms with Crippen LogP contribution in [-0.4, -0.2) is 23.1 Å². The number of aromatic nitrogens is 1. The molecular weight excluding hydrogens is 264 g/mol. The summed E-state index contributed by atoms with van der Waals surface area (Å²) in [7, 11) is 0. The van der Waals surface area contributed by atoms with E-state index < -0.39 is 30.4 Å². The third kappa shape index (κ3) is 4.95. The second-order valence-electron chi connectivity index (χ2n) is 3.75. The summed E-state index contributed by atoms with van der Waals surface area (Å²) in [5, 5.41) is 2.06. The monoisotopic (exact) mass is 274 g/mol. The van der Waals surface area contributed by atoms with Gasteiger partial charge in [-0.15, -0.1) is 12.3 Å². The number of nitrogens with zero attached hydrogens (tertiary/aromatic N) is 1. The van der Waals surface area contributed by atoms with Crippen LogP contribution in [0.2, 0.25) is 0 Å². The maximum Gasteiger partial charge on any atom is 0.391 e. The fourth-order valence-corrected chi connectivity index (χ4v) is 1.42. The number of nitrogens with one attached hydrogen (secondary N) is 1. The lowest BCUT2D eigenvalue weighted by atomic mass is 10.1. The van der Waals surface area contributed by atoms with E-state index in [0.717, 1.165) is 18.5 Å². The smallest absolute Gasteiger partial charge is 0.348 e. The number of carbonyl (C=O) groups excluding carboxylic acids is 1. The largest absolute Gasteiger partial charge is 0.391 e. The Morgan fingerprint density at radius 3 is 2.74 bits per heavy atom. The third-order valence-electron chi connectivity index (χ3n) is 2.19. The molecule has 1 N–H and O–H groups in total. The van der Waals surface area contributed by atoms with E-state index in [-0.39, 0.29) is 12.0 Å². The van der Waals surface area contributed by atoms with Crippen molar-refractivity contribution in [3.63, 3.8) is 0 Å². The number of carbonyl (C=O) groups is 1. The Bertz CT molecular complexity index is 493. The highest BCUT2D eigenvalue weighted by Gasteiger charge is 2.32. The van der Waals surface area contributed by atoms with E-state index in [9.17, 15) is 22.4 Å². The minimum atomic E-state index is -4.47. The number of terminal acetylenes is 1. The summed E-state index contributed by atoms with van der Waals surface area (Å²) in [6.07, 6.45) is 0.876. The highest BCUT2D eigenvalue weighted by Crippen LogP contribution is 2.22. The van der Waals surface area contributed by atoms with E-state index in [1.165, 1.54) is 0 Å². The van der Waals surface area contributed by atoms with E-state index in [4.69, 9.17) is 6.42 Å². The van der Waals surface area contributed by atoms with Crippen LogP contribution in [-0.2, 0) is 0 Å². The SMILES string of the molecule is C#CCC(CC(F)(F)F)NC(=O)c1ccncc1F. The Labute approximate surface area is 107 Å². The number of alkyl halides is 3. The molecule has 0 saturated heterocycles. The van der Waals surface area contributed by atoms with Gasteiger partial charge in [-0.25, -0.2) is 4.39 Å². The molecule has 0 saturated carbocycles. The molecule has 19 heavy (non-hydrogen) atoms. The normalized spacial score (nSPS) is 12.6. The molecular formula is C12H10F4N2O. The lowest BCUT2D eigenvalue weighted by Crippen LogP contribution is -2.38. The number of hydrogen-bond acceptors (Lipinski definition) is 2. The Balaban J connectivity index is 2.78. The molecule has 1 rings (SSSR count). The maximum absolute atomic E-state index is 13.2. The number of rotatable bonds is 4. The Morgan fingerprint density at radius 1 is 1.53 bits per heavy atom. The summed E-state index contributed by atoms with van der Waals surface area (Å²) in [5.41, 5.74) is -0.376. The molecule has 102 valence electrons. The number of pyridine rings is 1. The maximum atomic E-state index is 13.2. The summed E-state index contributed by atoms with van der Waals surface area (Å²) in [5.74, 6) is 0.176. The predicted octanol–water partition coefficient (Wildman–Crippen LogP) is 2.29. The van der Waals surface area contributed by atoms with Gasteiger partial charge >= 0.3 is 6.18 Å². The molecule has 1 unspecified atom stereocenters. The van der Waals surface area contributed by atoms with Gasteiger partial charge in [0.15, 0.2) is 5.82 Å². The van der Waals surface area contributed by atoms with Crippen LogP contribution in [0.25, 0.3) is 0 Å². The number of halogens is 4. The molecule has 0 aliphatic heterocycles. The summed E-state index contributed by atoms with van der Waals surface area (Å²) in [6, 6.07) is -0.212. The molecule has 0 aliphatic carbocycles. The molecule has 3 nitrogen and oxygen atoms in total. The van der Waals surface area contributed by atoms with Crippen molar-refractivity contribution in [1.82, 2.24) is 10.3 Å². The molecule has 1 amide bonds. The lowest BCUT2D eigenvalue weighted by molar-refractivity contribution is -0.139. The summed E-state index contributed by atoms with van der Waals surface area (Å²) >= 11 is 0. The molecule has 0 aliphatic rings. The van der Waals surface area contributed by atoms with Gasteiger partial charge < -0.3 is 5.32 Å². The zero-order chi connectivity index (χ0) is 14.5. The van der Waals surface area contributed by atoms with Crippen LogP contribution in [0.5, 0.6) is 0 Å². The van der Waals surface area contributed by atoms with Crippen molar-refractivity contribution in [3.8, 4) is 12.3 Å². The second-order valence-corrected chi connectivity index (χ2v) is 3.75. The molecule has 0 spiro atoms. The van der Waals surface area contributed by atoms with Gasteiger partial charge in [-0.3, -0.25) is 9.78 Å². The zero-order valence-corrected chi connectivity index (χ0v) is 9.67. The van der Waals surface area contributed by atoms with E-state index in [1.807, 2.05) is 5.92 Å². The third-order valence-corrected chi connectivity index (χ3v) is 2.19. The highest BCUT2D eigenvalue weighted by molar-refractivity contribution is 5.94. The second kappa shape index (κ2) is 6.18. The average molecular weight is 274 g/mol. The van der Waals surface area contributed by atoms with Gasteiger partial charge in [-0.2, -0.15) is 13.2 Å². The van der Waals surface area contributed by atoms with Crippen LogP contribution >= 0.6 is 0 Å². The number of hydrogen-bond donors (Lipinski definition) is 1. The van der Waals surface area contributed by atoms with Crippen LogP contribution < -0.4 is 5.32 Å². The summed E-state index contributed by atoms with van der Waals surface area (Å²) in [6.45, 7) is 0. The molecule has 1 aromatic heterocycles. The van der Waals surface area contributed by atoms with Gasteiger partial charge in [-0.05, 0) is 6.07 Å². The van der Waals surface area contributed by atoms with Crippen LogP contribution in [0.15, 0.2) is 18.5 Å². The van der Waals surface area contributed by atoms with Gasteiger partial charge in [0.2, 0.25) is 0 Å². The van der Waals surface area contributed by atoms with Gasteiger partial charge in [0, 0.05) is 18.7 Å². The van der Waals surface area contributed by atoms with Crippen molar-refractivity contribution in [2.24, 2.45) is 0 Å². The van der Waals surface area contributed by atoms with E-state index in [0.29, 0.717) is 0 Å². The first-order valence-corrected chi connectivity index (χ1v) is 5.24. The van der Waals surface area contributed by atoms with Crippen LogP contribution in [0, 0.1) is 18.2 Å². The first-order valence-electron chi connectivity index (χ1n) is 5.24. The number of amides is 1. The zero-order valence-electron chi connectivity index (χ0n) is 9.67.